The van der Waals surface area contributed by atoms with Gasteiger partial charge >= 0.3 is 0 Å². The molecule has 1 aromatic carbocycles. The van der Waals surface area contributed by atoms with Crippen molar-refractivity contribution in [2.24, 2.45) is 0 Å². The molecule has 7 heteroatoms. The maximum Gasteiger partial charge on any atom is 0.140 e. The summed E-state index contributed by atoms with van der Waals surface area (Å²) in [4.78, 5) is 2.31. The third-order valence-electron chi connectivity index (χ3n) is 3.71. The summed E-state index contributed by atoms with van der Waals surface area (Å²) in [5.74, 6) is 0.636. The second-order valence-electron chi connectivity index (χ2n) is 5.16. The van der Waals surface area contributed by atoms with E-state index >= 15 is 0 Å². The Balaban J connectivity index is 1.65. The summed E-state index contributed by atoms with van der Waals surface area (Å²) in [7, 11) is 0. The monoisotopic (exact) mass is 362 g/mol. The van der Waals surface area contributed by atoms with Crippen LogP contribution >= 0.6 is 34.8 Å². The summed E-state index contributed by atoms with van der Waals surface area (Å²) in [6.07, 6.45) is 1.74. The van der Waals surface area contributed by atoms with Crippen molar-refractivity contribution in [3.63, 3.8) is 0 Å². The van der Waals surface area contributed by atoms with Gasteiger partial charge in [0, 0.05) is 30.2 Å². The van der Waals surface area contributed by atoms with Crippen LogP contribution in [0.2, 0.25) is 5.02 Å². The molecule has 1 atom stereocenters. The van der Waals surface area contributed by atoms with Gasteiger partial charge in [0.25, 0.3) is 0 Å². The lowest BCUT2D eigenvalue weighted by molar-refractivity contribution is 0.0322. The highest BCUT2D eigenvalue weighted by molar-refractivity contribution is 6.51. The van der Waals surface area contributed by atoms with E-state index in [1.54, 1.807) is 6.08 Å². The van der Waals surface area contributed by atoms with Crippen LogP contribution in [0, 0.1) is 0 Å². The lowest BCUT2D eigenvalue weighted by Crippen LogP contribution is -2.38. The molecule has 1 unspecified atom stereocenters. The first-order valence-corrected chi connectivity index (χ1v) is 8.38. The minimum absolute atomic E-state index is 0.374. The van der Waals surface area contributed by atoms with Crippen molar-refractivity contribution >= 4 is 45.5 Å². The Kier molecular flexibility index (Phi) is 5.37. The first-order chi connectivity index (χ1) is 10.6. The molecule has 1 saturated heterocycles. The Morgan fingerprint density at radius 3 is 2.82 bits per heavy atom. The van der Waals surface area contributed by atoms with E-state index in [1.165, 1.54) is 0 Å². The molecule has 0 radical (unpaired) electrons. The van der Waals surface area contributed by atoms with Crippen LogP contribution in [0.25, 0.3) is 5.03 Å². The summed E-state index contributed by atoms with van der Waals surface area (Å²) in [6.45, 7) is 4.88. The van der Waals surface area contributed by atoms with Crippen LogP contribution in [0.4, 0.5) is 5.69 Å². The van der Waals surface area contributed by atoms with E-state index < -0.39 is 0 Å². The Bertz CT molecular complexity index is 574. The Morgan fingerprint density at radius 2 is 2.05 bits per heavy atom. The number of hydrogen-bond donors (Lipinski definition) is 1. The quantitative estimate of drug-likeness (QED) is 0.654. The average Bonchev–Trinajstić information content (AvgIpc) is 2.51. The molecule has 22 heavy (non-hydrogen) atoms. The van der Waals surface area contributed by atoms with Gasteiger partial charge in [0.1, 0.15) is 22.9 Å². The third kappa shape index (κ3) is 3.63. The molecular formula is C15H17Cl3N2O2. The van der Waals surface area contributed by atoms with Gasteiger partial charge in [-0.25, -0.2) is 0 Å². The van der Waals surface area contributed by atoms with Crippen molar-refractivity contribution in [2.75, 3.05) is 44.8 Å². The Hall–Kier alpha value is -0.650. The molecule has 1 fully saturated rings. The molecule has 0 spiro atoms. The van der Waals surface area contributed by atoms with Crippen LogP contribution in [-0.4, -0.2) is 49.9 Å². The fraction of sp³-hybridized carbons (Fsp3) is 0.467. The fourth-order valence-corrected chi connectivity index (χ4v) is 3.37. The number of hydrogen-bond acceptors (Lipinski definition) is 4. The molecule has 2 heterocycles. The highest BCUT2D eigenvalue weighted by atomic mass is 35.5. The number of fused-ring (bicyclic) bond motifs is 1. The van der Waals surface area contributed by atoms with Crippen molar-refractivity contribution in [2.45, 2.75) is 5.50 Å². The van der Waals surface area contributed by atoms with Gasteiger partial charge < -0.3 is 14.8 Å². The second kappa shape index (κ2) is 7.28. The molecule has 1 N–H and O–H groups in total. The highest BCUT2D eigenvalue weighted by Crippen LogP contribution is 2.42. The summed E-state index contributed by atoms with van der Waals surface area (Å²) >= 11 is 18.7. The van der Waals surface area contributed by atoms with E-state index in [9.17, 15) is 0 Å². The van der Waals surface area contributed by atoms with E-state index in [1.807, 2.05) is 12.1 Å². The average molecular weight is 364 g/mol. The van der Waals surface area contributed by atoms with Crippen LogP contribution in [0.5, 0.6) is 5.75 Å². The lowest BCUT2D eigenvalue weighted by Gasteiger charge is -2.27. The van der Waals surface area contributed by atoms with Crippen molar-refractivity contribution in [1.82, 2.24) is 4.90 Å². The molecule has 0 aromatic heterocycles. The van der Waals surface area contributed by atoms with Gasteiger partial charge in [-0.05, 0) is 18.2 Å². The van der Waals surface area contributed by atoms with Crippen molar-refractivity contribution in [1.29, 1.82) is 0 Å². The zero-order valence-electron chi connectivity index (χ0n) is 11.9. The predicted octanol–water partition coefficient (Wildman–Crippen LogP) is 3.62. The highest BCUT2D eigenvalue weighted by Gasteiger charge is 2.21. The molecule has 2 aliphatic heterocycles. The van der Waals surface area contributed by atoms with E-state index in [-0.39, 0.29) is 5.50 Å². The molecule has 1 aromatic rings. The fourth-order valence-electron chi connectivity index (χ4n) is 2.52. The molecule has 0 bridgehead atoms. The number of benzene rings is 1. The third-order valence-corrected chi connectivity index (χ3v) is 4.65. The zero-order chi connectivity index (χ0) is 15.5. The molecule has 4 nitrogen and oxygen atoms in total. The van der Waals surface area contributed by atoms with E-state index in [0.717, 1.165) is 44.1 Å². The molecule has 2 aliphatic rings. The number of morpholine rings is 1. The van der Waals surface area contributed by atoms with Crippen LogP contribution in [0.1, 0.15) is 5.56 Å². The van der Waals surface area contributed by atoms with Crippen LogP contribution in [0.3, 0.4) is 0 Å². The van der Waals surface area contributed by atoms with Crippen LogP contribution in [-0.2, 0) is 4.74 Å². The van der Waals surface area contributed by atoms with Crippen LogP contribution in [0.15, 0.2) is 18.2 Å². The summed E-state index contributed by atoms with van der Waals surface area (Å²) in [5, 5.41) is 4.21. The number of rotatable bonds is 4. The minimum atomic E-state index is -0.374. The standard InChI is InChI=1S/C15H17Cl3N2O2/c16-11-9-13(17)19-15-10(11)1-2-12(14(15)18)22-8-5-20-3-6-21-7-4-20/h1-2,9,13,19H,3-8H2. The number of nitrogens with zero attached hydrogens (tertiary/aromatic N) is 1. The van der Waals surface area contributed by atoms with Crippen molar-refractivity contribution < 1.29 is 9.47 Å². The van der Waals surface area contributed by atoms with Crippen molar-refractivity contribution in [3.8, 4) is 5.75 Å². The first kappa shape index (κ1) is 16.2. The number of alkyl halides is 1. The lowest BCUT2D eigenvalue weighted by atomic mass is 10.1. The van der Waals surface area contributed by atoms with Crippen LogP contribution < -0.4 is 10.1 Å². The maximum atomic E-state index is 6.41. The number of halogens is 3. The molecule has 3 rings (SSSR count). The topological polar surface area (TPSA) is 33.7 Å². The molecule has 0 saturated carbocycles. The Morgan fingerprint density at radius 1 is 1.27 bits per heavy atom. The van der Waals surface area contributed by atoms with Gasteiger partial charge in [-0.2, -0.15) is 0 Å². The molecule has 120 valence electrons. The summed E-state index contributed by atoms with van der Waals surface area (Å²) in [5.41, 5.74) is 1.18. The molecule has 0 amide bonds. The second-order valence-corrected chi connectivity index (χ2v) is 6.42. The number of ether oxygens (including phenoxy) is 2. The zero-order valence-corrected chi connectivity index (χ0v) is 14.2. The van der Waals surface area contributed by atoms with Gasteiger partial charge in [0.05, 0.1) is 18.9 Å². The van der Waals surface area contributed by atoms with Gasteiger partial charge in [-0.3, -0.25) is 4.90 Å². The van der Waals surface area contributed by atoms with E-state index in [4.69, 9.17) is 44.3 Å². The van der Waals surface area contributed by atoms with Crippen molar-refractivity contribution in [3.05, 3.63) is 28.8 Å². The molecule has 0 aliphatic carbocycles. The number of anilines is 1. The Labute approximate surface area is 144 Å². The van der Waals surface area contributed by atoms with E-state index in [0.29, 0.717) is 22.4 Å². The minimum Gasteiger partial charge on any atom is -0.491 e. The van der Waals surface area contributed by atoms with Gasteiger partial charge in [0.2, 0.25) is 0 Å². The smallest absolute Gasteiger partial charge is 0.140 e. The normalized spacial score (nSPS) is 21.8. The first-order valence-electron chi connectivity index (χ1n) is 7.19. The summed E-state index contributed by atoms with van der Waals surface area (Å²) in [6, 6.07) is 3.73. The predicted molar refractivity (Wildman–Crippen MR) is 91.3 cm³/mol. The van der Waals surface area contributed by atoms with Gasteiger partial charge in [-0.15, -0.1) is 0 Å². The van der Waals surface area contributed by atoms with Gasteiger partial charge in [0.15, 0.2) is 0 Å². The largest absolute Gasteiger partial charge is 0.491 e. The maximum absolute atomic E-state index is 6.41. The van der Waals surface area contributed by atoms with E-state index in [2.05, 4.69) is 10.2 Å². The summed E-state index contributed by atoms with van der Waals surface area (Å²) < 4.78 is 11.1. The molecular weight excluding hydrogens is 347 g/mol. The SMILES string of the molecule is ClC1=CC(Cl)Nc2c1ccc(OCCN1CCOCC1)c2Cl. The van der Waals surface area contributed by atoms with Gasteiger partial charge in [-0.1, -0.05) is 34.8 Å². The number of nitrogens with one attached hydrogen (secondary N) is 1.